The highest BCUT2D eigenvalue weighted by Gasteiger charge is 2.20. The van der Waals surface area contributed by atoms with Gasteiger partial charge in [0.1, 0.15) is 5.00 Å². The van der Waals surface area contributed by atoms with E-state index in [2.05, 4.69) is 10.6 Å². The van der Waals surface area contributed by atoms with E-state index in [1.165, 1.54) is 11.3 Å². The summed E-state index contributed by atoms with van der Waals surface area (Å²) in [4.78, 5) is 24.8. The maximum absolute atomic E-state index is 12.1. The first kappa shape index (κ1) is 16.7. The van der Waals surface area contributed by atoms with Gasteiger partial charge in [0.05, 0.1) is 12.2 Å². The molecule has 1 rings (SSSR count). The van der Waals surface area contributed by atoms with Crippen LogP contribution in [0.5, 0.6) is 0 Å². The molecule has 1 aromatic rings. The van der Waals surface area contributed by atoms with E-state index in [1.54, 1.807) is 13.0 Å². The van der Waals surface area contributed by atoms with Crippen LogP contribution in [0.4, 0.5) is 5.00 Å². The van der Waals surface area contributed by atoms with Crippen molar-refractivity contribution in [3.8, 4) is 0 Å². The number of esters is 1. The standard InChI is InChI=1S/C14H22N2O3S/c1-5-15-8-9(3)12(17)16-13-11(7-10(4)20-13)14(18)19-6-2/h7,9,15H,5-6,8H2,1-4H3,(H,16,17). The van der Waals surface area contributed by atoms with Crippen LogP contribution in [0, 0.1) is 12.8 Å². The number of aryl methyl sites for hydroxylation is 1. The minimum atomic E-state index is -0.397. The monoisotopic (exact) mass is 298 g/mol. The zero-order valence-corrected chi connectivity index (χ0v) is 13.2. The molecule has 1 amide bonds. The van der Waals surface area contributed by atoms with E-state index in [1.807, 2.05) is 20.8 Å². The number of ether oxygens (including phenoxy) is 1. The van der Waals surface area contributed by atoms with Crippen molar-refractivity contribution < 1.29 is 14.3 Å². The van der Waals surface area contributed by atoms with E-state index in [0.29, 0.717) is 23.7 Å². The normalized spacial score (nSPS) is 12.0. The average Bonchev–Trinajstić information content (AvgIpc) is 2.77. The van der Waals surface area contributed by atoms with Crippen LogP contribution in [0.15, 0.2) is 6.07 Å². The maximum atomic E-state index is 12.1. The molecule has 0 fully saturated rings. The molecule has 20 heavy (non-hydrogen) atoms. The zero-order valence-electron chi connectivity index (χ0n) is 12.4. The molecule has 1 aromatic heterocycles. The highest BCUT2D eigenvalue weighted by Crippen LogP contribution is 2.28. The SMILES string of the molecule is CCNCC(C)C(=O)Nc1sc(C)cc1C(=O)OCC. The van der Waals surface area contributed by atoms with Crippen LogP contribution in [-0.4, -0.2) is 31.6 Å². The lowest BCUT2D eigenvalue weighted by Crippen LogP contribution is -2.30. The average molecular weight is 298 g/mol. The van der Waals surface area contributed by atoms with Gasteiger partial charge in [0.2, 0.25) is 5.91 Å². The van der Waals surface area contributed by atoms with E-state index in [9.17, 15) is 9.59 Å². The summed E-state index contributed by atoms with van der Waals surface area (Å²) in [6.07, 6.45) is 0. The Morgan fingerprint density at radius 1 is 1.40 bits per heavy atom. The largest absolute Gasteiger partial charge is 0.462 e. The Balaban J connectivity index is 2.76. The second-order valence-electron chi connectivity index (χ2n) is 4.52. The molecule has 2 N–H and O–H groups in total. The molecule has 0 aliphatic carbocycles. The lowest BCUT2D eigenvalue weighted by molar-refractivity contribution is -0.119. The second-order valence-corrected chi connectivity index (χ2v) is 5.77. The molecule has 0 spiro atoms. The predicted octanol–water partition coefficient (Wildman–Crippen LogP) is 2.42. The molecule has 6 heteroatoms. The van der Waals surface area contributed by atoms with Crippen LogP contribution in [0.2, 0.25) is 0 Å². The number of carbonyl (C=O) groups excluding carboxylic acids is 2. The molecule has 112 valence electrons. The Labute approximate surface area is 123 Å². The Bertz CT molecular complexity index is 471. The summed E-state index contributed by atoms with van der Waals surface area (Å²) in [7, 11) is 0. The van der Waals surface area contributed by atoms with Gasteiger partial charge >= 0.3 is 5.97 Å². The summed E-state index contributed by atoms with van der Waals surface area (Å²) < 4.78 is 4.99. The summed E-state index contributed by atoms with van der Waals surface area (Å²) >= 11 is 1.38. The number of nitrogens with one attached hydrogen (secondary N) is 2. The van der Waals surface area contributed by atoms with E-state index in [-0.39, 0.29) is 11.8 Å². The number of hydrogen-bond donors (Lipinski definition) is 2. The van der Waals surface area contributed by atoms with Crippen LogP contribution in [0.3, 0.4) is 0 Å². The zero-order chi connectivity index (χ0) is 15.1. The molecule has 1 heterocycles. The highest BCUT2D eigenvalue weighted by molar-refractivity contribution is 7.16. The van der Waals surface area contributed by atoms with Crippen molar-refractivity contribution in [1.82, 2.24) is 5.32 Å². The van der Waals surface area contributed by atoms with E-state index in [0.717, 1.165) is 11.4 Å². The molecular formula is C14H22N2O3S. The van der Waals surface area contributed by atoms with Crippen molar-refractivity contribution in [2.45, 2.75) is 27.7 Å². The fourth-order valence-corrected chi connectivity index (χ4v) is 2.56. The highest BCUT2D eigenvalue weighted by atomic mass is 32.1. The van der Waals surface area contributed by atoms with Crippen LogP contribution >= 0.6 is 11.3 Å². The molecule has 0 aliphatic heterocycles. The summed E-state index contributed by atoms with van der Waals surface area (Å²) in [5.74, 6) is -0.655. The molecule has 0 saturated carbocycles. The topological polar surface area (TPSA) is 67.4 Å². The van der Waals surface area contributed by atoms with Gasteiger partial charge in [0.25, 0.3) is 0 Å². The molecule has 1 unspecified atom stereocenters. The van der Waals surface area contributed by atoms with Gasteiger partial charge in [-0.3, -0.25) is 4.79 Å². The first-order valence-electron chi connectivity index (χ1n) is 6.78. The predicted molar refractivity (Wildman–Crippen MR) is 81.3 cm³/mol. The summed E-state index contributed by atoms with van der Waals surface area (Å²) in [6.45, 7) is 9.25. The van der Waals surface area contributed by atoms with E-state index < -0.39 is 5.97 Å². The van der Waals surface area contributed by atoms with Crippen LogP contribution < -0.4 is 10.6 Å². The Morgan fingerprint density at radius 2 is 2.10 bits per heavy atom. The molecule has 0 bridgehead atoms. The number of anilines is 1. The van der Waals surface area contributed by atoms with Crippen molar-refractivity contribution in [2.75, 3.05) is 25.0 Å². The number of hydrogen-bond acceptors (Lipinski definition) is 5. The molecule has 0 saturated heterocycles. The second kappa shape index (κ2) is 8.01. The molecular weight excluding hydrogens is 276 g/mol. The molecule has 0 aliphatic rings. The van der Waals surface area contributed by atoms with Crippen molar-refractivity contribution in [2.24, 2.45) is 5.92 Å². The van der Waals surface area contributed by atoms with E-state index >= 15 is 0 Å². The third-order valence-electron chi connectivity index (χ3n) is 2.74. The lowest BCUT2D eigenvalue weighted by Gasteiger charge is -2.12. The third kappa shape index (κ3) is 4.61. The minimum absolute atomic E-state index is 0.0988. The quantitative estimate of drug-likeness (QED) is 0.759. The smallest absolute Gasteiger partial charge is 0.341 e. The van der Waals surface area contributed by atoms with Gasteiger partial charge in [-0.1, -0.05) is 13.8 Å². The van der Waals surface area contributed by atoms with Crippen LogP contribution in [0.25, 0.3) is 0 Å². The van der Waals surface area contributed by atoms with Gasteiger partial charge in [-0.2, -0.15) is 0 Å². The first-order valence-corrected chi connectivity index (χ1v) is 7.60. The summed E-state index contributed by atoms with van der Waals surface area (Å²) in [5.41, 5.74) is 0.429. The molecule has 5 nitrogen and oxygen atoms in total. The summed E-state index contributed by atoms with van der Waals surface area (Å²) in [5, 5.41) is 6.51. The Morgan fingerprint density at radius 3 is 2.70 bits per heavy atom. The van der Waals surface area contributed by atoms with Gasteiger partial charge in [-0.05, 0) is 26.5 Å². The number of carbonyl (C=O) groups is 2. The molecule has 0 radical (unpaired) electrons. The van der Waals surface area contributed by atoms with Crippen molar-refractivity contribution in [3.63, 3.8) is 0 Å². The van der Waals surface area contributed by atoms with Crippen molar-refractivity contribution in [3.05, 3.63) is 16.5 Å². The van der Waals surface area contributed by atoms with Crippen molar-refractivity contribution >= 4 is 28.2 Å². The lowest BCUT2D eigenvalue weighted by atomic mass is 10.1. The van der Waals surface area contributed by atoms with Crippen LogP contribution in [-0.2, 0) is 9.53 Å². The summed E-state index contributed by atoms with van der Waals surface area (Å²) in [6, 6.07) is 1.74. The fourth-order valence-electron chi connectivity index (χ4n) is 1.66. The van der Waals surface area contributed by atoms with Crippen LogP contribution in [0.1, 0.15) is 36.0 Å². The van der Waals surface area contributed by atoms with Gasteiger partial charge in [0, 0.05) is 17.3 Å². The Hall–Kier alpha value is -1.40. The number of thiophene rings is 1. The Kier molecular flexibility index (Phi) is 6.67. The fraction of sp³-hybridized carbons (Fsp3) is 0.571. The third-order valence-corrected chi connectivity index (χ3v) is 3.70. The molecule has 0 aromatic carbocycles. The number of amides is 1. The van der Waals surface area contributed by atoms with Gasteiger partial charge < -0.3 is 15.4 Å². The maximum Gasteiger partial charge on any atom is 0.341 e. The first-order chi connectivity index (χ1) is 9.49. The number of rotatable bonds is 7. The van der Waals surface area contributed by atoms with Gasteiger partial charge in [0.15, 0.2) is 0 Å². The van der Waals surface area contributed by atoms with E-state index in [4.69, 9.17) is 4.74 Å². The van der Waals surface area contributed by atoms with Crippen molar-refractivity contribution in [1.29, 1.82) is 0 Å². The minimum Gasteiger partial charge on any atom is -0.462 e. The van der Waals surface area contributed by atoms with Gasteiger partial charge in [-0.25, -0.2) is 4.79 Å². The molecule has 1 atom stereocenters. The van der Waals surface area contributed by atoms with Gasteiger partial charge in [-0.15, -0.1) is 11.3 Å².